The van der Waals surface area contributed by atoms with Crippen molar-refractivity contribution < 1.29 is 19.7 Å². The maximum atomic E-state index is 11.9. The first-order chi connectivity index (χ1) is 9.92. The van der Waals surface area contributed by atoms with Gasteiger partial charge in [-0.1, -0.05) is 12.1 Å². The average Bonchev–Trinajstić information content (AvgIpc) is 2.49. The van der Waals surface area contributed by atoms with Gasteiger partial charge >= 0.3 is 5.97 Å². The molecule has 0 saturated carbocycles. The number of carbonyl (C=O) groups excluding carboxylic acids is 1. The number of nitrogens with one attached hydrogen (secondary N) is 1. The van der Waals surface area contributed by atoms with E-state index in [4.69, 9.17) is 16.3 Å². The van der Waals surface area contributed by atoms with Crippen LogP contribution in [0.2, 0.25) is 0 Å². The van der Waals surface area contributed by atoms with Gasteiger partial charge in [-0.15, -0.1) is 11.6 Å². The van der Waals surface area contributed by atoms with Gasteiger partial charge < -0.3 is 9.94 Å². The van der Waals surface area contributed by atoms with Crippen molar-refractivity contribution in [2.24, 2.45) is 0 Å². The van der Waals surface area contributed by atoms with Crippen LogP contribution in [0.3, 0.4) is 0 Å². The molecule has 0 amide bonds. The third kappa shape index (κ3) is 3.28. The molecule has 0 aliphatic rings. The van der Waals surface area contributed by atoms with E-state index in [9.17, 15) is 25.4 Å². The summed E-state index contributed by atoms with van der Waals surface area (Å²) in [5.74, 6) is -1.05. The lowest BCUT2D eigenvalue weighted by atomic mass is 9.92. The number of nitriles is 1. The van der Waals surface area contributed by atoms with Crippen LogP contribution in [0.5, 0.6) is 0 Å². The molecule has 1 aromatic carbocycles. The lowest BCUT2D eigenvalue weighted by Gasteiger charge is -2.27. The summed E-state index contributed by atoms with van der Waals surface area (Å²) >= 11 is 6.08. The summed E-state index contributed by atoms with van der Waals surface area (Å²) in [4.78, 5) is 21.8. The fourth-order valence-electron chi connectivity index (χ4n) is 1.59. The molecular weight excluding hydrogens is 302 g/mol. The molecule has 0 fully saturated rings. The van der Waals surface area contributed by atoms with Crippen LogP contribution in [0.1, 0.15) is 17.9 Å². The maximum absolute atomic E-state index is 11.9. The van der Waals surface area contributed by atoms with E-state index < -0.39 is 21.8 Å². The highest BCUT2D eigenvalue weighted by Crippen LogP contribution is 2.34. The molecule has 0 aliphatic carbocycles. The number of alkyl halides is 1. The van der Waals surface area contributed by atoms with Gasteiger partial charge in [0.25, 0.3) is 5.69 Å². The third-order valence-electron chi connectivity index (χ3n) is 2.73. The van der Waals surface area contributed by atoms with E-state index in [1.54, 1.807) is 11.5 Å². The quantitative estimate of drug-likeness (QED) is 0.354. The topological polar surface area (TPSA) is 125 Å². The molecule has 0 bridgehead atoms. The van der Waals surface area contributed by atoms with Gasteiger partial charge in [0, 0.05) is 12.1 Å². The van der Waals surface area contributed by atoms with Crippen molar-refractivity contribution in [3.63, 3.8) is 0 Å². The second kappa shape index (κ2) is 6.99. The monoisotopic (exact) mass is 313 g/mol. The first-order valence-electron chi connectivity index (χ1n) is 5.81. The van der Waals surface area contributed by atoms with Crippen molar-refractivity contribution >= 4 is 23.3 Å². The second-order valence-electron chi connectivity index (χ2n) is 3.96. The highest BCUT2D eigenvalue weighted by molar-refractivity contribution is 6.24. The summed E-state index contributed by atoms with van der Waals surface area (Å²) in [6.45, 7) is 1.53. The number of nitro benzene ring substituents is 1. The van der Waals surface area contributed by atoms with Crippen molar-refractivity contribution in [3.05, 3.63) is 39.9 Å². The molecular formula is C12H12ClN3O5. The van der Waals surface area contributed by atoms with Crippen LogP contribution < -0.4 is 5.48 Å². The second-order valence-corrected chi connectivity index (χ2v) is 4.40. The number of ether oxygens (including phenoxy) is 1. The molecule has 0 aromatic heterocycles. The summed E-state index contributed by atoms with van der Waals surface area (Å²) in [6, 6.07) is 6.52. The number of nitro groups is 1. The van der Waals surface area contributed by atoms with Gasteiger partial charge in [-0.2, -0.15) is 10.7 Å². The van der Waals surface area contributed by atoms with Crippen molar-refractivity contribution in [2.45, 2.75) is 17.8 Å². The summed E-state index contributed by atoms with van der Waals surface area (Å²) in [7, 11) is 0. The van der Waals surface area contributed by atoms with E-state index in [0.717, 1.165) is 0 Å². The molecule has 0 radical (unpaired) electrons. The molecule has 112 valence electrons. The Morgan fingerprint density at radius 1 is 1.62 bits per heavy atom. The zero-order valence-corrected chi connectivity index (χ0v) is 11.7. The van der Waals surface area contributed by atoms with Gasteiger partial charge in [0.2, 0.25) is 5.54 Å². The zero-order valence-electron chi connectivity index (χ0n) is 10.9. The van der Waals surface area contributed by atoms with Gasteiger partial charge in [-0.05, 0) is 12.5 Å². The zero-order chi connectivity index (χ0) is 16.0. The van der Waals surface area contributed by atoms with Crippen molar-refractivity contribution in [3.8, 4) is 6.07 Å². The molecule has 21 heavy (non-hydrogen) atoms. The molecule has 8 nitrogen and oxygen atoms in total. The number of hydrogen-bond acceptors (Lipinski definition) is 7. The summed E-state index contributed by atoms with van der Waals surface area (Å²) in [5.41, 5.74) is -0.564. The predicted octanol–water partition coefficient (Wildman–Crippen LogP) is 1.68. The Labute approximate surface area is 125 Å². The van der Waals surface area contributed by atoms with E-state index in [0.29, 0.717) is 0 Å². The van der Waals surface area contributed by atoms with Crippen LogP contribution in [0.25, 0.3) is 0 Å². The van der Waals surface area contributed by atoms with Crippen molar-refractivity contribution in [1.29, 1.82) is 5.26 Å². The molecule has 0 saturated heterocycles. The van der Waals surface area contributed by atoms with Gasteiger partial charge in [-0.25, -0.2) is 4.79 Å². The molecule has 2 atom stereocenters. The SMILES string of the molecule is CCOC(=O)C(C#N)(NO)C(Cl)c1ccc([N+](=O)[O-])cc1. The first-order valence-corrected chi connectivity index (χ1v) is 6.24. The largest absolute Gasteiger partial charge is 0.464 e. The van der Waals surface area contributed by atoms with Crippen LogP contribution >= 0.6 is 11.6 Å². The van der Waals surface area contributed by atoms with E-state index >= 15 is 0 Å². The number of esters is 1. The Morgan fingerprint density at radius 3 is 2.57 bits per heavy atom. The highest BCUT2D eigenvalue weighted by Gasteiger charge is 2.48. The summed E-state index contributed by atoms with van der Waals surface area (Å²) in [6.07, 6.45) is 0. The third-order valence-corrected chi connectivity index (χ3v) is 3.31. The maximum Gasteiger partial charge on any atom is 0.345 e. The lowest BCUT2D eigenvalue weighted by molar-refractivity contribution is -0.384. The fraction of sp³-hybridized carbons (Fsp3) is 0.333. The lowest BCUT2D eigenvalue weighted by Crippen LogP contribution is -2.53. The van der Waals surface area contributed by atoms with Crippen molar-refractivity contribution in [1.82, 2.24) is 5.48 Å². The molecule has 1 aromatic rings. The number of benzene rings is 1. The van der Waals surface area contributed by atoms with Gasteiger partial charge in [0.05, 0.1) is 11.5 Å². The van der Waals surface area contributed by atoms with E-state index in [1.165, 1.54) is 31.2 Å². The van der Waals surface area contributed by atoms with Gasteiger partial charge in [0.15, 0.2) is 0 Å². The Morgan fingerprint density at radius 2 is 2.19 bits per heavy atom. The van der Waals surface area contributed by atoms with Crippen LogP contribution in [0, 0.1) is 21.4 Å². The molecule has 0 aliphatic heterocycles. The molecule has 0 spiro atoms. The first kappa shape index (κ1) is 16.8. The number of non-ortho nitro benzene ring substituents is 1. The number of halogens is 1. The number of hydroxylamine groups is 1. The molecule has 2 N–H and O–H groups in total. The van der Waals surface area contributed by atoms with E-state index in [2.05, 4.69) is 0 Å². The Bertz CT molecular complexity index is 571. The summed E-state index contributed by atoms with van der Waals surface area (Å²) in [5, 5.41) is 27.6. The van der Waals surface area contributed by atoms with Gasteiger partial charge in [-0.3, -0.25) is 10.1 Å². The minimum Gasteiger partial charge on any atom is -0.464 e. The predicted molar refractivity (Wildman–Crippen MR) is 71.6 cm³/mol. The normalized spacial score (nSPS) is 14.6. The number of hydrogen-bond donors (Lipinski definition) is 2. The number of rotatable bonds is 6. The highest BCUT2D eigenvalue weighted by atomic mass is 35.5. The number of nitrogens with zero attached hydrogens (tertiary/aromatic N) is 2. The van der Waals surface area contributed by atoms with E-state index in [-0.39, 0.29) is 17.9 Å². The van der Waals surface area contributed by atoms with Crippen LogP contribution in [0.15, 0.2) is 24.3 Å². The van der Waals surface area contributed by atoms with Gasteiger partial charge in [0.1, 0.15) is 11.4 Å². The smallest absolute Gasteiger partial charge is 0.345 e. The Balaban J connectivity index is 3.17. The average molecular weight is 314 g/mol. The molecule has 1 rings (SSSR count). The minimum absolute atomic E-state index is 0.00614. The summed E-state index contributed by atoms with van der Waals surface area (Å²) < 4.78 is 4.72. The number of carbonyl (C=O) groups is 1. The molecule has 9 heteroatoms. The van der Waals surface area contributed by atoms with Crippen molar-refractivity contribution in [2.75, 3.05) is 6.61 Å². The molecule has 2 unspecified atom stereocenters. The minimum atomic E-state index is -2.21. The molecule has 0 heterocycles. The standard InChI is InChI=1S/C12H12ClN3O5/c1-2-21-11(17)12(7-14,15-18)10(13)8-3-5-9(6-4-8)16(19)20/h3-6,10,15,18H,2H2,1H3. The Kier molecular flexibility index (Phi) is 5.60. The fourth-order valence-corrected chi connectivity index (χ4v) is 1.93. The van der Waals surface area contributed by atoms with E-state index in [1.807, 2.05) is 0 Å². The van der Waals surface area contributed by atoms with Crippen LogP contribution in [-0.4, -0.2) is 28.2 Å². The Hall–Kier alpha value is -2.21. The van der Waals surface area contributed by atoms with Crippen LogP contribution in [0.4, 0.5) is 5.69 Å². The van der Waals surface area contributed by atoms with Crippen LogP contribution in [-0.2, 0) is 9.53 Å².